The van der Waals surface area contributed by atoms with Gasteiger partial charge in [-0.1, -0.05) is 20.3 Å². The number of nitrogens with zero attached hydrogens (tertiary/aromatic N) is 1. The number of H-pyrrole nitrogens is 1. The van der Waals surface area contributed by atoms with Crippen molar-refractivity contribution in [3.8, 4) is 0 Å². The highest BCUT2D eigenvalue weighted by Gasteiger charge is 2.05. The molecule has 1 aromatic rings. The lowest BCUT2D eigenvalue weighted by atomic mass is 10.1. The molecule has 0 aromatic carbocycles. The number of aromatic nitrogens is 2. The number of aryl methyl sites for hydroxylation is 1. The highest BCUT2D eigenvalue weighted by Crippen LogP contribution is 2.09. The lowest BCUT2D eigenvalue weighted by molar-refractivity contribution is 0.101. The topological polar surface area (TPSA) is 45.8 Å². The van der Waals surface area contributed by atoms with Gasteiger partial charge in [-0.15, -0.1) is 0 Å². The van der Waals surface area contributed by atoms with Crippen LogP contribution in [0, 0.1) is 5.92 Å². The molecule has 0 unspecified atom stereocenters. The molecule has 1 heterocycles. The van der Waals surface area contributed by atoms with Gasteiger partial charge in [-0.2, -0.15) is 5.10 Å². The number of hydrogen-bond donors (Lipinski definition) is 1. The Labute approximate surface area is 84.9 Å². The molecular formula is C11H18N2O. The number of hydrogen-bond acceptors (Lipinski definition) is 2. The maximum absolute atomic E-state index is 11.0. The summed E-state index contributed by atoms with van der Waals surface area (Å²) in [5, 5.41) is 6.83. The highest BCUT2D eigenvalue weighted by molar-refractivity contribution is 5.92. The van der Waals surface area contributed by atoms with E-state index in [0.717, 1.165) is 24.5 Å². The van der Waals surface area contributed by atoms with Gasteiger partial charge in [-0.3, -0.25) is 9.89 Å². The molecular weight excluding hydrogens is 176 g/mol. The van der Waals surface area contributed by atoms with Crippen molar-refractivity contribution in [2.75, 3.05) is 0 Å². The van der Waals surface area contributed by atoms with E-state index in [4.69, 9.17) is 0 Å². The van der Waals surface area contributed by atoms with Crippen molar-refractivity contribution in [2.24, 2.45) is 5.92 Å². The minimum absolute atomic E-state index is 0.0244. The Morgan fingerprint density at radius 1 is 1.57 bits per heavy atom. The van der Waals surface area contributed by atoms with E-state index in [-0.39, 0.29) is 5.78 Å². The minimum atomic E-state index is 0.0244. The number of rotatable bonds is 5. The molecule has 0 bridgehead atoms. The summed E-state index contributed by atoms with van der Waals surface area (Å²) in [6.45, 7) is 5.97. The molecule has 0 saturated heterocycles. The van der Waals surface area contributed by atoms with Crippen molar-refractivity contribution >= 4 is 5.78 Å². The Kier molecular flexibility index (Phi) is 3.86. The molecule has 3 nitrogen and oxygen atoms in total. The van der Waals surface area contributed by atoms with Gasteiger partial charge in [0.2, 0.25) is 0 Å². The van der Waals surface area contributed by atoms with Crippen molar-refractivity contribution in [2.45, 2.75) is 40.0 Å². The fourth-order valence-corrected chi connectivity index (χ4v) is 1.37. The van der Waals surface area contributed by atoms with Crippen LogP contribution in [0.4, 0.5) is 0 Å². The Hall–Kier alpha value is -1.12. The first-order chi connectivity index (χ1) is 6.59. The van der Waals surface area contributed by atoms with Gasteiger partial charge in [-0.25, -0.2) is 0 Å². The van der Waals surface area contributed by atoms with Crippen LogP contribution in [-0.4, -0.2) is 16.0 Å². The zero-order chi connectivity index (χ0) is 10.6. The SMILES string of the molecule is CC(=O)c1cc(CCCC(C)C)[nH]n1. The summed E-state index contributed by atoms with van der Waals surface area (Å²) in [5.41, 5.74) is 1.61. The van der Waals surface area contributed by atoms with E-state index < -0.39 is 0 Å². The smallest absolute Gasteiger partial charge is 0.179 e. The summed E-state index contributed by atoms with van der Waals surface area (Å²) in [7, 11) is 0. The van der Waals surface area contributed by atoms with Crippen molar-refractivity contribution in [1.29, 1.82) is 0 Å². The first kappa shape index (κ1) is 11.0. The van der Waals surface area contributed by atoms with Crippen molar-refractivity contribution in [1.82, 2.24) is 10.2 Å². The third kappa shape index (κ3) is 3.32. The standard InChI is InChI=1S/C11H18N2O/c1-8(2)5-4-6-10-7-11(9(3)14)13-12-10/h7-8H,4-6H2,1-3H3,(H,12,13). The highest BCUT2D eigenvalue weighted by atomic mass is 16.1. The molecule has 3 heteroatoms. The van der Waals surface area contributed by atoms with E-state index in [1.54, 1.807) is 0 Å². The molecule has 0 atom stereocenters. The maximum Gasteiger partial charge on any atom is 0.179 e. The average Bonchev–Trinajstić information content (AvgIpc) is 2.52. The van der Waals surface area contributed by atoms with Crippen LogP contribution in [0.25, 0.3) is 0 Å². The minimum Gasteiger partial charge on any atom is -0.293 e. The second kappa shape index (κ2) is 4.94. The lowest BCUT2D eigenvalue weighted by Gasteiger charge is -2.01. The summed E-state index contributed by atoms with van der Waals surface area (Å²) in [6.07, 6.45) is 3.35. The Morgan fingerprint density at radius 3 is 2.79 bits per heavy atom. The number of carbonyl (C=O) groups is 1. The Morgan fingerprint density at radius 2 is 2.29 bits per heavy atom. The van der Waals surface area contributed by atoms with E-state index in [1.807, 2.05) is 6.07 Å². The zero-order valence-electron chi connectivity index (χ0n) is 9.13. The molecule has 1 aromatic heterocycles. The summed E-state index contributed by atoms with van der Waals surface area (Å²) >= 11 is 0. The van der Waals surface area contributed by atoms with Crippen LogP contribution >= 0.6 is 0 Å². The fourth-order valence-electron chi connectivity index (χ4n) is 1.37. The molecule has 0 aliphatic carbocycles. The molecule has 0 saturated carbocycles. The normalized spacial score (nSPS) is 10.9. The first-order valence-electron chi connectivity index (χ1n) is 5.15. The van der Waals surface area contributed by atoms with Crippen LogP contribution in [0.2, 0.25) is 0 Å². The molecule has 0 amide bonds. The van der Waals surface area contributed by atoms with Gasteiger partial charge in [0.1, 0.15) is 5.69 Å². The summed E-state index contributed by atoms with van der Waals surface area (Å²) in [5.74, 6) is 0.765. The molecule has 0 aliphatic rings. The van der Waals surface area contributed by atoms with Gasteiger partial charge >= 0.3 is 0 Å². The van der Waals surface area contributed by atoms with Gasteiger partial charge in [0.05, 0.1) is 0 Å². The van der Waals surface area contributed by atoms with E-state index in [1.165, 1.54) is 13.3 Å². The number of ketones is 1. The molecule has 78 valence electrons. The molecule has 0 fully saturated rings. The van der Waals surface area contributed by atoms with Gasteiger partial charge in [0, 0.05) is 12.6 Å². The quantitative estimate of drug-likeness (QED) is 0.732. The monoisotopic (exact) mass is 194 g/mol. The van der Waals surface area contributed by atoms with Crippen LogP contribution in [0.15, 0.2) is 6.07 Å². The first-order valence-corrected chi connectivity index (χ1v) is 5.15. The predicted octanol–water partition coefficient (Wildman–Crippen LogP) is 2.59. The Bertz CT molecular complexity index is 302. The third-order valence-corrected chi connectivity index (χ3v) is 2.22. The van der Waals surface area contributed by atoms with Crippen LogP contribution in [0.3, 0.4) is 0 Å². The molecule has 0 spiro atoms. The molecule has 0 aliphatic heterocycles. The summed E-state index contributed by atoms with van der Waals surface area (Å²) < 4.78 is 0. The maximum atomic E-state index is 11.0. The number of nitrogens with one attached hydrogen (secondary N) is 1. The van der Waals surface area contributed by atoms with E-state index in [2.05, 4.69) is 24.0 Å². The molecule has 1 N–H and O–H groups in total. The van der Waals surface area contributed by atoms with Crippen molar-refractivity contribution in [3.05, 3.63) is 17.5 Å². The molecule has 1 rings (SSSR count). The van der Waals surface area contributed by atoms with E-state index in [9.17, 15) is 4.79 Å². The van der Waals surface area contributed by atoms with Crippen LogP contribution in [0.1, 0.15) is 49.8 Å². The van der Waals surface area contributed by atoms with Gasteiger partial charge < -0.3 is 0 Å². The van der Waals surface area contributed by atoms with Crippen LogP contribution in [0.5, 0.6) is 0 Å². The van der Waals surface area contributed by atoms with Gasteiger partial charge in [0.15, 0.2) is 5.78 Å². The van der Waals surface area contributed by atoms with Crippen molar-refractivity contribution in [3.63, 3.8) is 0 Å². The van der Waals surface area contributed by atoms with E-state index in [0.29, 0.717) is 5.69 Å². The molecule has 0 radical (unpaired) electrons. The zero-order valence-corrected chi connectivity index (χ0v) is 9.13. The number of aromatic amines is 1. The summed E-state index contributed by atoms with van der Waals surface area (Å²) in [4.78, 5) is 11.0. The van der Waals surface area contributed by atoms with E-state index >= 15 is 0 Å². The van der Waals surface area contributed by atoms with Crippen LogP contribution < -0.4 is 0 Å². The number of carbonyl (C=O) groups excluding carboxylic acids is 1. The van der Waals surface area contributed by atoms with Crippen molar-refractivity contribution < 1.29 is 4.79 Å². The van der Waals surface area contributed by atoms with Gasteiger partial charge in [-0.05, 0) is 24.8 Å². The fraction of sp³-hybridized carbons (Fsp3) is 0.636. The largest absolute Gasteiger partial charge is 0.293 e. The number of Topliss-reactive ketones (excluding diaryl/α,β-unsaturated/α-hetero) is 1. The second-order valence-electron chi connectivity index (χ2n) is 4.12. The van der Waals surface area contributed by atoms with Gasteiger partial charge in [0.25, 0.3) is 0 Å². The lowest BCUT2D eigenvalue weighted by Crippen LogP contribution is -1.91. The summed E-state index contributed by atoms with van der Waals surface area (Å²) in [6, 6.07) is 1.85. The molecule has 14 heavy (non-hydrogen) atoms. The predicted molar refractivity (Wildman–Crippen MR) is 56.4 cm³/mol. The third-order valence-electron chi connectivity index (χ3n) is 2.22. The average molecular weight is 194 g/mol. The second-order valence-corrected chi connectivity index (χ2v) is 4.12. The Balaban J connectivity index is 2.40. The van der Waals surface area contributed by atoms with Crippen LogP contribution in [-0.2, 0) is 6.42 Å².